The van der Waals surface area contributed by atoms with Crippen molar-refractivity contribution in [3.8, 4) is 0 Å². The third kappa shape index (κ3) is 6.83. The average Bonchev–Trinajstić information content (AvgIpc) is 2.77. The number of hydrogen-bond donors (Lipinski definition) is 1. The predicted octanol–water partition coefficient (Wildman–Crippen LogP) is 2.87. The Morgan fingerprint density at radius 3 is 2.32 bits per heavy atom. The van der Waals surface area contributed by atoms with Crippen molar-refractivity contribution in [2.75, 3.05) is 42.9 Å². The summed E-state index contributed by atoms with van der Waals surface area (Å²) in [5.74, 6) is -0.493. The number of nitrogens with zero attached hydrogens (tertiary/aromatic N) is 3. The largest absolute Gasteiger partial charge is 0.465 e. The topological polar surface area (TPSA) is 118 Å². The van der Waals surface area contributed by atoms with E-state index >= 15 is 0 Å². The molecular formula is C23H30N4O6S. The maximum atomic E-state index is 12.9. The van der Waals surface area contributed by atoms with E-state index in [0.717, 1.165) is 0 Å². The minimum absolute atomic E-state index is 0.121. The second-order valence-electron chi connectivity index (χ2n) is 8.89. The zero-order valence-electron chi connectivity index (χ0n) is 19.8. The monoisotopic (exact) mass is 490 g/mol. The van der Waals surface area contributed by atoms with Gasteiger partial charge in [-0.05, 0) is 32.4 Å². The molecule has 0 unspecified atom stereocenters. The Balaban J connectivity index is 1.81. The Labute approximate surface area is 199 Å². The summed E-state index contributed by atoms with van der Waals surface area (Å²) < 4.78 is 38.5. The molecule has 0 radical (unpaired) electrons. The van der Waals surface area contributed by atoms with Gasteiger partial charge in [-0.1, -0.05) is 30.3 Å². The Bertz CT molecular complexity index is 1120. The second kappa shape index (κ2) is 10.3. The molecule has 0 aliphatic carbocycles. The van der Waals surface area contributed by atoms with Gasteiger partial charge in [0.05, 0.1) is 24.1 Å². The van der Waals surface area contributed by atoms with Crippen molar-refractivity contribution in [3.63, 3.8) is 0 Å². The first-order valence-electron chi connectivity index (χ1n) is 10.8. The Morgan fingerprint density at radius 2 is 1.74 bits per heavy atom. The standard InChI is InChI=1S/C23H30N4O6S/c1-23(2,3)33-22(29)27-12-10-26(11-13-27)20-19(14-18(15-24-20)21(28)32-4)25-34(30,31)16-17-8-6-5-7-9-17/h5-9,14-15,25H,10-13,16H2,1-4H3. The van der Waals surface area contributed by atoms with Gasteiger partial charge in [0.15, 0.2) is 5.82 Å². The van der Waals surface area contributed by atoms with E-state index in [1.54, 1.807) is 29.2 Å². The maximum Gasteiger partial charge on any atom is 0.410 e. The van der Waals surface area contributed by atoms with Crippen LogP contribution in [0.4, 0.5) is 16.3 Å². The van der Waals surface area contributed by atoms with Crippen molar-refractivity contribution in [3.05, 3.63) is 53.7 Å². The van der Waals surface area contributed by atoms with Gasteiger partial charge in [-0.25, -0.2) is 23.0 Å². The number of carbonyl (C=O) groups excluding carboxylic acids is 2. The number of pyridine rings is 1. The SMILES string of the molecule is COC(=O)c1cnc(N2CCN(C(=O)OC(C)(C)C)CC2)c(NS(=O)(=O)Cc2ccccc2)c1. The van der Waals surface area contributed by atoms with Gasteiger partial charge in [0.25, 0.3) is 0 Å². The van der Waals surface area contributed by atoms with Crippen molar-refractivity contribution in [1.29, 1.82) is 0 Å². The number of esters is 1. The normalized spacial score (nSPS) is 14.5. The predicted molar refractivity (Wildman–Crippen MR) is 128 cm³/mol. The summed E-state index contributed by atoms with van der Waals surface area (Å²) in [5.41, 5.74) is 0.323. The first-order valence-corrected chi connectivity index (χ1v) is 12.5. The van der Waals surface area contributed by atoms with Gasteiger partial charge in [-0.15, -0.1) is 0 Å². The number of ether oxygens (including phenoxy) is 2. The summed E-state index contributed by atoms with van der Waals surface area (Å²) in [4.78, 5) is 32.2. The van der Waals surface area contributed by atoms with Crippen molar-refractivity contribution in [2.45, 2.75) is 32.1 Å². The molecule has 1 N–H and O–H groups in total. The molecule has 184 valence electrons. The molecule has 0 spiro atoms. The molecule has 1 amide bonds. The molecule has 1 aliphatic heterocycles. The zero-order chi connectivity index (χ0) is 24.9. The number of sulfonamides is 1. The van der Waals surface area contributed by atoms with Crippen LogP contribution in [0.25, 0.3) is 0 Å². The molecule has 34 heavy (non-hydrogen) atoms. The zero-order valence-corrected chi connectivity index (χ0v) is 20.6. The van der Waals surface area contributed by atoms with Crippen molar-refractivity contribution in [1.82, 2.24) is 9.88 Å². The van der Waals surface area contributed by atoms with Crippen LogP contribution in [0, 0.1) is 0 Å². The molecule has 1 aromatic heterocycles. The van der Waals surface area contributed by atoms with E-state index in [9.17, 15) is 18.0 Å². The molecule has 11 heteroatoms. The summed E-state index contributed by atoms with van der Waals surface area (Å²) in [6, 6.07) is 10.2. The fourth-order valence-corrected chi connectivity index (χ4v) is 4.63. The number of rotatable bonds is 6. The van der Waals surface area contributed by atoms with Gasteiger partial charge in [0.1, 0.15) is 5.60 Å². The number of hydrogen-bond acceptors (Lipinski definition) is 8. The van der Waals surface area contributed by atoms with Crippen LogP contribution < -0.4 is 9.62 Å². The fraction of sp³-hybridized carbons (Fsp3) is 0.435. The molecular weight excluding hydrogens is 460 g/mol. The van der Waals surface area contributed by atoms with Crippen LogP contribution in [0.3, 0.4) is 0 Å². The minimum Gasteiger partial charge on any atom is -0.465 e. The summed E-state index contributed by atoms with van der Waals surface area (Å²) in [6.07, 6.45) is 0.945. The molecule has 2 heterocycles. The lowest BCUT2D eigenvalue weighted by Gasteiger charge is -2.36. The molecule has 1 saturated heterocycles. The highest BCUT2D eigenvalue weighted by atomic mass is 32.2. The number of carbonyl (C=O) groups is 2. The molecule has 1 aromatic carbocycles. The van der Waals surface area contributed by atoms with E-state index < -0.39 is 27.7 Å². The Kier molecular flexibility index (Phi) is 7.65. The van der Waals surface area contributed by atoms with E-state index in [0.29, 0.717) is 37.6 Å². The lowest BCUT2D eigenvalue weighted by molar-refractivity contribution is 0.0240. The first-order chi connectivity index (χ1) is 16.0. The van der Waals surface area contributed by atoms with Gasteiger partial charge >= 0.3 is 12.1 Å². The number of methoxy groups -OCH3 is 1. The van der Waals surface area contributed by atoms with Crippen LogP contribution in [-0.2, 0) is 25.2 Å². The maximum absolute atomic E-state index is 12.9. The number of aromatic nitrogens is 1. The minimum atomic E-state index is -3.80. The smallest absolute Gasteiger partial charge is 0.410 e. The van der Waals surface area contributed by atoms with E-state index in [-0.39, 0.29) is 17.0 Å². The van der Waals surface area contributed by atoms with Crippen LogP contribution in [0.5, 0.6) is 0 Å². The lowest BCUT2D eigenvalue weighted by atomic mass is 10.2. The molecule has 1 fully saturated rings. The van der Waals surface area contributed by atoms with Crippen LogP contribution in [0.15, 0.2) is 42.6 Å². The highest BCUT2D eigenvalue weighted by Gasteiger charge is 2.28. The fourth-order valence-electron chi connectivity index (χ4n) is 3.44. The Morgan fingerprint density at radius 1 is 1.09 bits per heavy atom. The molecule has 0 atom stereocenters. The highest BCUT2D eigenvalue weighted by Crippen LogP contribution is 2.28. The highest BCUT2D eigenvalue weighted by molar-refractivity contribution is 7.91. The number of nitrogens with one attached hydrogen (secondary N) is 1. The molecule has 0 bridgehead atoms. The van der Waals surface area contributed by atoms with Gasteiger partial charge < -0.3 is 19.3 Å². The van der Waals surface area contributed by atoms with Gasteiger partial charge in [-0.3, -0.25) is 4.72 Å². The molecule has 10 nitrogen and oxygen atoms in total. The van der Waals surface area contributed by atoms with Crippen LogP contribution in [0.2, 0.25) is 0 Å². The van der Waals surface area contributed by atoms with Crippen molar-refractivity contribution < 1.29 is 27.5 Å². The third-order valence-electron chi connectivity index (χ3n) is 4.98. The molecule has 3 rings (SSSR count). The molecule has 0 saturated carbocycles. The number of benzene rings is 1. The first kappa shape index (κ1) is 25.3. The average molecular weight is 491 g/mol. The molecule has 1 aliphatic rings. The van der Waals surface area contributed by atoms with Crippen LogP contribution in [-0.4, -0.2) is 69.3 Å². The van der Waals surface area contributed by atoms with E-state index in [4.69, 9.17) is 9.47 Å². The number of anilines is 2. The summed E-state index contributed by atoms with van der Waals surface area (Å²) in [6.45, 7) is 7.01. The number of amides is 1. The van der Waals surface area contributed by atoms with Gasteiger partial charge in [0, 0.05) is 32.4 Å². The summed E-state index contributed by atoms with van der Waals surface area (Å²) in [5, 5.41) is 0. The molecule has 2 aromatic rings. The Hall–Kier alpha value is -3.34. The third-order valence-corrected chi connectivity index (χ3v) is 6.23. The van der Waals surface area contributed by atoms with Crippen molar-refractivity contribution >= 4 is 33.6 Å². The van der Waals surface area contributed by atoms with E-state index in [1.165, 1.54) is 19.4 Å². The van der Waals surface area contributed by atoms with E-state index in [1.807, 2.05) is 31.7 Å². The summed E-state index contributed by atoms with van der Waals surface area (Å²) in [7, 11) is -2.55. The van der Waals surface area contributed by atoms with Crippen LogP contribution >= 0.6 is 0 Å². The number of piperazine rings is 1. The summed E-state index contributed by atoms with van der Waals surface area (Å²) >= 11 is 0. The quantitative estimate of drug-likeness (QED) is 0.614. The second-order valence-corrected chi connectivity index (χ2v) is 10.6. The van der Waals surface area contributed by atoms with Crippen LogP contribution in [0.1, 0.15) is 36.7 Å². The van der Waals surface area contributed by atoms with E-state index in [2.05, 4.69) is 9.71 Å². The van der Waals surface area contributed by atoms with Gasteiger partial charge in [0.2, 0.25) is 10.0 Å². The van der Waals surface area contributed by atoms with Gasteiger partial charge in [-0.2, -0.15) is 0 Å². The lowest BCUT2D eigenvalue weighted by Crippen LogP contribution is -2.50. The van der Waals surface area contributed by atoms with Crippen molar-refractivity contribution in [2.24, 2.45) is 0 Å².